The molecule has 5 heteroatoms. The van der Waals surface area contributed by atoms with Gasteiger partial charge in [0, 0.05) is 6.54 Å². The first kappa shape index (κ1) is 16.1. The lowest BCUT2D eigenvalue weighted by Crippen LogP contribution is -2.22. The van der Waals surface area contributed by atoms with E-state index in [0.717, 1.165) is 17.1 Å². The standard InChI is InChI=1S/C19H19NO4/c1-22-19(21)16-6-2-5-15(11-16)12-20(13-17-7-3-9-23-17)14-18-8-4-10-24-18/h2-11H,12-14H2,1H3. The maximum atomic E-state index is 11.7. The molecule has 0 bridgehead atoms. The third-order valence-corrected chi connectivity index (χ3v) is 3.67. The highest BCUT2D eigenvalue weighted by molar-refractivity contribution is 5.89. The Kier molecular flexibility index (Phi) is 5.13. The van der Waals surface area contributed by atoms with Crippen LogP contribution in [0.25, 0.3) is 0 Å². The van der Waals surface area contributed by atoms with E-state index in [-0.39, 0.29) is 5.97 Å². The van der Waals surface area contributed by atoms with Crippen molar-refractivity contribution in [1.82, 2.24) is 4.90 Å². The third kappa shape index (κ3) is 4.14. The Morgan fingerprint density at radius 1 is 0.958 bits per heavy atom. The van der Waals surface area contributed by atoms with E-state index in [1.165, 1.54) is 7.11 Å². The van der Waals surface area contributed by atoms with Gasteiger partial charge in [0.05, 0.1) is 38.3 Å². The quantitative estimate of drug-likeness (QED) is 0.617. The van der Waals surface area contributed by atoms with Gasteiger partial charge in [-0.3, -0.25) is 4.90 Å². The molecule has 124 valence electrons. The summed E-state index contributed by atoms with van der Waals surface area (Å²) in [5.74, 6) is 1.43. The first-order valence-corrected chi connectivity index (χ1v) is 7.69. The average molecular weight is 325 g/mol. The average Bonchev–Trinajstić information content (AvgIpc) is 3.28. The van der Waals surface area contributed by atoms with Crippen molar-refractivity contribution in [3.63, 3.8) is 0 Å². The van der Waals surface area contributed by atoms with Crippen LogP contribution in [0.4, 0.5) is 0 Å². The largest absolute Gasteiger partial charge is 0.468 e. The van der Waals surface area contributed by atoms with Crippen molar-refractivity contribution in [2.45, 2.75) is 19.6 Å². The second-order valence-corrected chi connectivity index (χ2v) is 5.50. The van der Waals surface area contributed by atoms with Gasteiger partial charge in [-0.25, -0.2) is 4.79 Å². The van der Waals surface area contributed by atoms with Gasteiger partial charge in [0.15, 0.2) is 0 Å². The van der Waals surface area contributed by atoms with Crippen LogP contribution in [-0.4, -0.2) is 18.0 Å². The topological polar surface area (TPSA) is 55.8 Å². The molecule has 0 fully saturated rings. The van der Waals surface area contributed by atoms with Gasteiger partial charge in [-0.05, 0) is 42.0 Å². The summed E-state index contributed by atoms with van der Waals surface area (Å²) in [7, 11) is 1.38. The zero-order valence-electron chi connectivity index (χ0n) is 13.5. The number of carbonyl (C=O) groups excluding carboxylic acids is 1. The van der Waals surface area contributed by atoms with Gasteiger partial charge in [-0.15, -0.1) is 0 Å². The second kappa shape index (κ2) is 7.66. The van der Waals surface area contributed by atoms with Crippen molar-refractivity contribution < 1.29 is 18.4 Å². The predicted molar refractivity (Wildman–Crippen MR) is 88.1 cm³/mol. The summed E-state index contributed by atoms with van der Waals surface area (Å²) in [6, 6.07) is 15.1. The van der Waals surface area contributed by atoms with Crippen LogP contribution in [0.1, 0.15) is 27.4 Å². The van der Waals surface area contributed by atoms with Gasteiger partial charge in [-0.2, -0.15) is 0 Å². The van der Waals surface area contributed by atoms with E-state index >= 15 is 0 Å². The molecule has 1 aromatic carbocycles. The van der Waals surface area contributed by atoms with Crippen molar-refractivity contribution in [2.75, 3.05) is 7.11 Å². The number of methoxy groups -OCH3 is 1. The number of carbonyl (C=O) groups is 1. The normalized spacial score (nSPS) is 10.9. The van der Waals surface area contributed by atoms with Gasteiger partial charge in [0.2, 0.25) is 0 Å². The fraction of sp³-hybridized carbons (Fsp3) is 0.211. The molecule has 0 aliphatic rings. The van der Waals surface area contributed by atoms with Crippen molar-refractivity contribution >= 4 is 5.97 Å². The number of hydrogen-bond acceptors (Lipinski definition) is 5. The van der Waals surface area contributed by atoms with E-state index in [0.29, 0.717) is 25.2 Å². The molecule has 0 spiro atoms. The zero-order valence-corrected chi connectivity index (χ0v) is 13.5. The van der Waals surface area contributed by atoms with E-state index in [9.17, 15) is 4.79 Å². The van der Waals surface area contributed by atoms with Crippen molar-refractivity contribution in [1.29, 1.82) is 0 Å². The Bertz CT molecular complexity index is 726. The Morgan fingerprint density at radius 3 is 2.17 bits per heavy atom. The molecule has 0 saturated carbocycles. The van der Waals surface area contributed by atoms with Crippen LogP contribution >= 0.6 is 0 Å². The first-order valence-electron chi connectivity index (χ1n) is 7.69. The minimum Gasteiger partial charge on any atom is -0.468 e. The van der Waals surface area contributed by atoms with Gasteiger partial charge in [0.1, 0.15) is 11.5 Å². The Labute approximate surface area is 140 Å². The molecule has 3 rings (SSSR count). The molecule has 5 nitrogen and oxygen atoms in total. The van der Waals surface area contributed by atoms with Gasteiger partial charge in [0.25, 0.3) is 0 Å². The lowest BCUT2D eigenvalue weighted by atomic mass is 10.1. The lowest BCUT2D eigenvalue weighted by molar-refractivity contribution is 0.0600. The minimum absolute atomic E-state index is 0.333. The highest BCUT2D eigenvalue weighted by atomic mass is 16.5. The molecule has 2 heterocycles. The van der Waals surface area contributed by atoms with Crippen molar-refractivity contribution in [3.05, 3.63) is 83.7 Å². The van der Waals surface area contributed by atoms with Crippen molar-refractivity contribution in [2.24, 2.45) is 0 Å². The molecule has 0 radical (unpaired) electrons. The van der Waals surface area contributed by atoms with Gasteiger partial charge < -0.3 is 13.6 Å². The van der Waals surface area contributed by atoms with E-state index in [1.807, 2.05) is 42.5 Å². The number of ether oxygens (including phenoxy) is 1. The summed E-state index contributed by atoms with van der Waals surface area (Å²) >= 11 is 0. The molecule has 0 unspecified atom stereocenters. The third-order valence-electron chi connectivity index (χ3n) is 3.67. The molecule has 0 saturated heterocycles. The maximum absolute atomic E-state index is 11.7. The molecule has 0 N–H and O–H groups in total. The van der Waals surface area contributed by atoms with E-state index < -0.39 is 0 Å². The van der Waals surface area contributed by atoms with Crippen LogP contribution in [0.3, 0.4) is 0 Å². The lowest BCUT2D eigenvalue weighted by Gasteiger charge is -2.20. The molecule has 0 amide bonds. The van der Waals surface area contributed by atoms with E-state index in [1.54, 1.807) is 18.6 Å². The molecule has 24 heavy (non-hydrogen) atoms. The smallest absolute Gasteiger partial charge is 0.337 e. The van der Waals surface area contributed by atoms with E-state index in [4.69, 9.17) is 13.6 Å². The zero-order chi connectivity index (χ0) is 16.8. The monoisotopic (exact) mass is 325 g/mol. The van der Waals surface area contributed by atoms with Crippen LogP contribution < -0.4 is 0 Å². The Morgan fingerprint density at radius 2 is 1.62 bits per heavy atom. The Balaban J connectivity index is 1.76. The SMILES string of the molecule is COC(=O)c1cccc(CN(Cc2ccco2)Cc2ccco2)c1. The summed E-state index contributed by atoms with van der Waals surface area (Å²) in [4.78, 5) is 13.9. The summed E-state index contributed by atoms with van der Waals surface area (Å²) in [5, 5.41) is 0. The molecule has 2 aromatic heterocycles. The van der Waals surface area contributed by atoms with Crippen LogP contribution in [0.15, 0.2) is 69.9 Å². The second-order valence-electron chi connectivity index (χ2n) is 5.50. The summed E-state index contributed by atoms with van der Waals surface area (Å²) < 4.78 is 15.7. The predicted octanol–water partition coefficient (Wildman–Crippen LogP) is 3.86. The molecule has 0 atom stereocenters. The molecular formula is C19H19NO4. The summed E-state index contributed by atoms with van der Waals surface area (Å²) in [6.07, 6.45) is 3.33. The summed E-state index contributed by atoms with van der Waals surface area (Å²) in [6.45, 7) is 1.96. The fourth-order valence-electron chi connectivity index (χ4n) is 2.59. The van der Waals surface area contributed by atoms with Crippen LogP contribution in [-0.2, 0) is 24.4 Å². The van der Waals surface area contributed by atoms with Gasteiger partial charge in [-0.1, -0.05) is 12.1 Å². The fourth-order valence-corrected chi connectivity index (χ4v) is 2.59. The summed E-state index contributed by atoms with van der Waals surface area (Å²) in [5.41, 5.74) is 1.57. The number of rotatable bonds is 7. The van der Waals surface area contributed by atoms with Crippen LogP contribution in [0.5, 0.6) is 0 Å². The van der Waals surface area contributed by atoms with E-state index in [2.05, 4.69) is 4.90 Å². The minimum atomic E-state index is -0.333. The molecular weight excluding hydrogens is 306 g/mol. The molecule has 0 aliphatic carbocycles. The first-order chi connectivity index (χ1) is 11.7. The number of esters is 1. The maximum Gasteiger partial charge on any atom is 0.337 e. The van der Waals surface area contributed by atoms with Crippen LogP contribution in [0.2, 0.25) is 0 Å². The number of hydrogen-bond donors (Lipinski definition) is 0. The van der Waals surface area contributed by atoms with Crippen molar-refractivity contribution in [3.8, 4) is 0 Å². The van der Waals surface area contributed by atoms with Crippen LogP contribution in [0, 0.1) is 0 Å². The number of benzene rings is 1. The Hall–Kier alpha value is -2.79. The highest BCUT2D eigenvalue weighted by Crippen LogP contribution is 2.16. The molecule has 0 aliphatic heterocycles. The number of nitrogens with zero attached hydrogens (tertiary/aromatic N) is 1. The highest BCUT2D eigenvalue weighted by Gasteiger charge is 2.13. The number of furan rings is 2. The molecule has 3 aromatic rings. The van der Waals surface area contributed by atoms with Gasteiger partial charge >= 0.3 is 5.97 Å².